The zero-order valence-corrected chi connectivity index (χ0v) is 9.93. The van der Waals surface area contributed by atoms with E-state index in [9.17, 15) is 0 Å². The Bertz CT molecular complexity index is 349. The van der Waals surface area contributed by atoms with E-state index in [1.165, 1.54) is 5.56 Å². The summed E-state index contributed by atoms with van der Waals surface area (Å²) in [7, 11) is 1.67. The van der Waals surface area contributed by atoms with Gasteiger partial charge in [0.25, 0.3) is 0 Å². The summed E-state index contributed by atoms with van der Waals surface area (Å²) in [5.41, 5.74) is 1.23. The summed E-state index contributed by atoms with van der Waals surface area (Å²) in [6.07, 6.45) is 1.05. The molecule has 1 aliphatic rings. The van der Waals surface area contributed by atoms with Crippen LogP contribution < -0.4 is 9.47 Å². The Balaban J connectivity index is 2.49. The molecule has 0 aromatic heterocycles. The zero-order chi connectivity index (χ0) is 10.1. The molecule has 14 heavy (non-hydrogen) atoms. The van der Waals surface area contributed by atoms with Crippen LogP contribution in [0.5, 0.6) is 11.5 Å². The average Bonchev–Trinajstić information content (AvgIpc) is 2.19. The van der Waals surface area contributed by atoms with E-state index >= 15 is 0 Å². The lowest BCUT2D eigenvalue weighted by molar-refractivity contribution is 0.222. The highest BCUT2D eigenvalue weighted by molar-refractivity contribution is 9.10. The molecule has 0 N–H and O–H groups in total. The van der Waals surface area contributed by atoms with Crippen molar-refractivity contribution in [2.75, 3.05) is 13.7 Å². The van der Waals surface area contributed by atoms with Crippen molar-refractivity contribution in [2.45, 2.75) is 13.3 Å². The van der Waals surface area contributed by atoms with Crippen LogP contribution in [-0.4, -0.2) is 13.7 Å². The van der Waals surface area contributed by atoms with Gasteiger partial charge in [-0.3, -0.25) is 0 Å². The highest BCUT2D eigenvalue weighted by atomic mass is 79.9. The molecule has 0 aliphatic carbocycles. The van der Waals surface area contributed by atoms with Gasteiger partial charge < -0.3 is 9.47 Å². The molecular formula is C11H13BrO2. The fourth-order valence-electron chi connectivity index (χ4n) is 1.72. The molecule has 1 atom stereocenters. The first kappa shape index (κ1) is 9.84. The molecule has 0 amide bonds. The van der Waals surface area contributed by atoms with E-state index in [1.54, 1.807) is 7.11 Å². The van der Waals surface area contributed by atoms with Crippen molar-refractivity contribution in [3.63, 3.8) is 0 Å². The van der Waals surface area contributed by atoms with Gasteiger partial charge in [-0.15, -0.1) is 0 Å². The largest absolute Gasteiger partial charge is 0.493 e. The molecule has 1 unspecified atom stereocenters. The molecule has 76 valence electrons. The predicted molar refractivity (Wildman–Crippen MR) is 59.1 cm³/mol. The first-order valence-electron chi connectivity index (χ1n) is 4.70. The van der Waals surface area contributed by atoms with E-state index < -0.39 is 0 Å². The second-order valence-electron chi connectivity index (χ2n) is 3.68. The molecule has 1 aromatic carbocycles. The Morgan fingerprint density at radius 1 is 1.50 bits per heavy atom. The number of halogens is 1. The first-order valence-corrected chi connectivity index (χ1v) is 5.50. The van der Waals surface area contributed by atoms with E-state index in [-0.39, 0.29) is 0 Å². The smallest absolute Gasteiger partial charge is 0.165 e. The Kier molecular flexibility index (Phi) is 2.68. The Morgan fingerprint density at radius 2 is 2.29 bits per heavy atom. The lowest BCUT2D eigenvalue weighted by atomic mass is 9.98. The third kappa shape index (κ3) is 1.61. The monoisotopic (exact) mass is 256 g/mol. The molecule has 0 bridgehead atoms. The van der Waals surface area contributed by atoms with Crippen molar-refractivity contribution >= 4 is 15.9 Å². The highest BCUT2D eigenvalue weighted by Crippen LogP contribution is 2.40. The minimum absolute atomic E-state index is 0.575. The molecule has 0 radical (unpaired) electrons. The van der Waals surface area contributed by atoms with Gasteiger partial charge in [0.15, 0.2) is 11.5 Å². The molecule has 3 heteroatoms. The Labute approximate surface area is 92.3 Å². The van der Waals surface area contributed by atoms with Crippen LogP contribution in [0.4, 0.5) is 0 Å². The fraction of sp³-hybridized carbons (Fsp3) is 0.455. The van der Waals surface area contributed by atoms with Gasteiger partial charge in [0.1, 0.15) is 0 Å². The van der Waals surface area contributed by atoms with Crippen LogP contribution in [0.1, 0.15) is 12.5 Å². The van der Waals surface area contributed by atoms with E-state index in [2.05, 4.69) is 22.9 Å². The number of benzene rings is 1. The van der Waals surface area contributed by atoms with Crippen molar-refractivity contribution in [1.82, 2.24) is 0 Å². The molecule has 0 fully saturated rings. The molecule has 1 aliphatic heterocycles. The van der Waals surface area contributed by atoms with E-state index in [0.717, 1.165) is 29.0 Å². The summed E-state index contributed by atoms with van der Waals surface area (Å²) >= 11 is 3.54. The summed E-state index contributed by atoms with van der Waals surface area (Å²) in [4.78, 5) is 0. The average molecular weight is 257 g/mol. The lowest BCUT2D eigenvalue weighted by Gasteiger charge is -2.25. The minimum atomic E-state index is 0.575. The molecule has 0 saturated carbocycles. The van der Waals surface area contributed by atoms with Crippen LogP contribution in [-0.2, 0) is 6.42 Å². The third-order valence-corrected chi connectivity index (χ3v) is 3.19. The van der Waals surface area contributed by atoms with Crippen LogP contribution in [0.2, 0.25) is 0 Å². The molecule has 1 heterocycles. The van der Waals surface area contributed by atoms with Crippen LogP contribution >= 0.6 is 15.9 Å². The van der Waals surface area contributed by atoms with Crippen molar-refractivity contribution < 1.29 is 9.47 Å². The molecule has 0 spiro atoms. The number of hydrogen-bond donors (Lipinski definition) is 0. The maximum atomic E-state index is 5.68. The van der Waals surface area contributed by atoms with Crippen LogP contribution in [0, 0.1) is 5.92 Å². The topological polar surface area (TPSA) is 18.5 Å². The number of methoxy groups -OCH3 is 1. The normalized spacial score (nSPS) is 19.8. The van der Waals surface area contributed by atoms with Crippen molar-refractivity contribution in [3.05, 3.63) is 22.2 Å². The molecular weight excluding hydrogens is 244 g/mol. The van der Waals surface area contributed by atoms with Gasteiger partial charge in [-0.05, 0) is 24.5 Å². The van der Waals surface area contributed by atoms with Crippen molar-refractivity contribution in [2.24, 2.45) is 5.92 Å². The summed E-state index contributed by atoms with van der Waals surface area (Å²) in [6, 6.07) is 3.94. The fourth-order valence-corrected chi connectivity index (χ4v) is 2.20. The number of fused-ring (bicyclic) bond motifs is 1. The highest BCUT2D eigenvalue weighted by Gasteiger charge is 2.21. The molecule has 2 rings (SSSR count). The van der Waals surface area contributed by atoms with Crippen LogP contribution in [0.3, 0.4) is 0 Å². The molecule has 2 nitrogen and oxygen atoms in total. The predicted octanol–water partition coefficient (Wildman–Crippen LogP) is 3.03. The van der Waals surface area contributed by atoms with Gasteiger partial charge in [-0.25, -0.2) is 0 Å². The van der Waals surface area contributed by atoms with Crippen LogP contribution in [0.25, 0.3) is 0 Å². The summed E-state index contributed by atoms with van der Waals surface area (Å²) < 4.78 is 12.1. The SMILES string of the molecule is COc1ccc(Br)c2c1OCC(C)C2. The molecule has 1 aromatic rings. The van der Waals surface area contributed by atoms with Gasteiger partial charge in [-0.1, -0.05) is 22.9 Å². The number of ether oxygens (including phenoxy) is 2. The van der Waals surface area contributed by atoms with Crippen molar-refractivity contribution in [1.29, 1.82) is 0 Å². The minimum Gasteiger partial charge on any atom is -0.493 e. The van der Waals surface area contributed by atoms with E-state index in [4.69, 9.17) is 9.47 Å². The lowest BCUT2D eigenvalue weighted by Crippen LogP contribution is -2.18. The maximum absolute atomic E-state index is 5.68. The van der Waals surface area contributed by atoms with Gasteiger partial charge in [0.2, 0.25) is 0 Å². The summed E-state index contributed by atoms with van der Waals surface area (Å²) in [5.74, 6) is 2.31. The van der Waals surface area contributed by atoms with Gasteiger partial charge in [0.05, 0.1) is 13.7 Å². The Hall–Kier alpha value is -0.700. The van der Waals surface area contributed by atoms with E-state index in [1.807, 2.05) is 12.1 Å². The third-order valence-electron chi connectivity index (χ3n) is 2.45. The second-order valence-corrected chi connectivity index (χ2v) is 4.53. The van der Waals surface area contributed by atoms with Crippen molar-refractivity contribution in [3.8, 4) is 11.5 Å². The van der Waals surface area contributed by atoms with Gasteiger partial charge >= 0.3 is 0 Å². The summed E-state index contributed by atoms with van der Waals surface area (Å²) in [6.45, 7) is 2.97. The summed E-state index contributed by atoms with van der Waals surface area (Å²) in [5, 5.41) is 0. The molecule has 0 saturated heterocycles. The maximum Gasteiger partial charge on any atom is 0.165 e. The van der Waals surface area contributed by atoms with Gasteiger partial charge in [0, 0.05) is 10.0 Å². The second kappa shape index (κ2) is 3.81. The number of rotatable bonds is 1. The standard InChI is InChI=1S/C11H13BrO2/c1-7-5-8-9(12)3-4-10(13-2)11(8)14-6-7/h3-4,7H,5-6H2,1-2H3. The van der Waals surface area contributed by atoms with E-state index in [0.29, 0.717) is 5.92 Å². The van der Waals surface area contributed by atoms with Crippen LogP contribution in [0.15, 0.2) is 16.6 Å². The first-order chi connectivity index (χ1) is 6.72. The quantitative estimate of drug-likeness (QED) is 0.769. The van der Waals surface area contributed by atoms with Gasteiger partial charge in [-0.2, -0.15) is 0 Å². The Morgan fingerprint density at radius 3 is 3.00 bits per heavy atom. The zero-order valence-electron chi connectivity index (χ0n) is 8.34. The number of hydrogen-bond acceptors (Lipinski definition) is 2.